The first-order valence-electron chi connectivity index (χ1n) is 2.38. The van der Waals surface area contributed by atoms with Crippen LogP contribution in [0, 0.1) is 0 Å². The van der Waals surface area contributed by atoms with Crippen molar-refractivity contribution in [3.8, 4) is 0 Å². The second kappa shape index (κ2) is 3.80. The van der Waals surface area contributed by atoms with Crippen LogP contribution in [-0.2, 0) is 0 Å². The van der Waals surface area contributed by atoms with Gasteiger partial charge in [-0.05, 0) is 0 Å². The number of nitrogens with two attached hydrogens (primary N) is 1. The van der Waals surface area contributed by atoms with E-state index in [0.29, 0.717) is 5.02 Å². The molecule has 62 valence electrons. The van der Waals surface area contributed by atoms with E-state index in [4.69, 9.17) is 22.4 Å². The summed E-state index contributed by atoms with van der Waals surface area (Å²) in [5, 5.41) is 10.3. The van der Waals surface area contributed by atoms with Gasteiger partial charge in [-0.2, -0.15) is 0 Å². The maximum Gasteiger partial charge on any atom is 0.348 e. The third-order valence-corrected chi connectivity index (χ3v) is 2.40. The third-order valence-electron chi connectivity index (χ3n) is 0.976. The molecular weight excluding hydrogens is 209 g/mol. The second-order valence-corrected chi connectivity index (χ2v) is 2.92. The lowest BCUT2D eigenvalue weighted by Gasteiger charge is -1.89. The number of hydrogen-bond acceptors (Lipinski definition) is 3. The lowest BCUT2D eigenvalue weighted by Crippen LogP contribution is -1.96. The summed E-state index contributed by atoms with van der Waals surface area (Å²) in [6.07, 6.45) is 0. The van der Waals surface area contributed by atoms with Gasteiger partial charge in [-0.3, -0.25) is 0 Å². The van der Waals surface area contributed by atoms with Crippen molar-refractivity contribution in [2.24, 2.45) is 0 Å². The van der Waals surface area contributed by atoms with Crippen molar-refractivity contribution >= 4 is 47.0 Å². The Morgan fingerprint density at radius 3 is 2.45 bits per heavy atom. The highest BCUT2D eigenvalue weighted by atomic mass is 35.5. The highest BCUT2D eigenvalue weighted by molar-refractivity contribution is 7.13. The van der Waals surface area contributed by atoms with Crippen LogP contribution in [0.5, 0.6) is 0 Å². The molecule has 1 aromatic heterocycles. The number of anilines is 1. The minimum Gasteiger partial charge on any atom is -0.477 e. The van der Waals surface area contributed by atoms with Gasteiger partial charge in [0.1, 0.15) is 4.88 Å². The number of aromatic carboxylic acids is 1. The van der Waals surface area contributed by atoms with Crippen LogP contribution in [0.4, 0.5) is 5.69 Å². The van der Waals surface area contributed by atoms with Gasteiger partial charge in [0.25, 0.3) is 0 Å². The van der Waals surface area contributed by atoms with E-state index in [2.05, 4.69) is 0 Å². The summed E-state index contributed by atoms with van der Waals surface area (Å²) >= 11 is 6.52. The Kier molecular flexibility index (Phi) is 3.65. The fourth-order valence-corrected chi connectivity index (χ4v) is 1.48. The number of thiophene rings is 1. The molecular formula is C5H5Cl2NO2S. The third kappa shape index (κ3) is 1.99. The number of hydrogen-bond donors (Lipinski definition) is 2. The highest BCUT2D eigenvalue weighted by Crippen LogP contribution is 2.28. The summed E-state index contributed by atoms with van der Waals surface area (Å²) in [6, 6.07) is 0. The molecule has 0 radical (unpaired) electrons. The number of carbonyl (C=O) groups is 1. The predicted octanol–water partition coefficient (Wildman–Crippen LogP) is 2.10. The Morgan fingerprint density at radius 2 is 2.27 bits per heavy atom. The van der Waals surface area contributed by atoms with Crippen LogP contribution in [0.15, 0.2) is 5.38 Å². The SMILES string of the molecule is Cl.Nc1c(Cl)csc1C(=O)O. The van der Waals surface area contributed by atoms with Gasteiger partial charge in [0.15, 0.2) is 0 Å². The summed E-state index contributed by atoms with van der Waals surface area (Å²) in [4.78, 5) is 10.4. The first kappa shape index (κ1) is 10.6. The molecule has 0 fully saturated rings. The van der Waals surface area contributed by atoms with Crippen molar-refractivity contribution in [3.63, 3.8) is 0 Å². The molecule has 0 bridgehead atoms. The number of rotatable bonds is 1. The maximum atomic E-state index is 10.3. The largest absolute Gasteiger partial charge is 0.477 e. The molecule has 0 aliphatic carbocycles. The monoisotopic (exact) mass is 213 g/mol. The summed E-state index contributed by atoms with van der Waals surface area (Å²) in [7, 11) is 0. The minimum absolute atomic E-state index is 0. The van der Waals surface area contributed by atoms with Gasteiger partial charge in [0, 0.05) is 5.38 Å². The van der Waals surface area contributed by atoms with Gasteiger partial charge < -0.3 is 10.8 Å². The fourth-order valence-electron chi connectivity index (χ4n) is 0.512. The molecule has 0 spiro atoms. The Balaban J connectivity index is 0.000001000. The Hall–Kier alpha value is -0.450. The summed E-state index contributed by atoms with van der Waals surface area (Å²) in [5.74, 6) is -1.03. The van der Waals surface area contributed by atoms with E-state index in [-0.39, 0.29) is 23.0 Å². The van der Waals surface area contributed by atoms with Gasteiger partial charge in [-0.1, -0.05) is 11.6 Å². The quantitative estimate of drug-likeness (QED) is 0.752. The normalized spacial score (nSPS) is 8.82. The Labute approximate surface area is 78.2 Å². The fraction of sp³-hybridized carbons (Fsp3) is 0. The summed E-state index contributed by atoms with van der Waals surface area (Å²) in [5.41, 5.74) is 5.45. The zero-order valence-electron chi connectivity index (χ0n) is 5.20. The average Bonchev–Trinajstić information content (AvgIpc) is 2.14. The van der Waals surface area contributed by atoms with Gasteiger partial charge in [-0.25, -0.2) is 4.79 Å². The van der Waals surface area contributed by atoms with E-state index in [0.717, 1.165) is 11.3 Å². The zero-order valence-corrected chi connectivity index (χ0v) is 7.59. The Bertz CT molecular complexity index is 273. The molecule has 0 saturated carbocycles. The van der Waals surface area contributed by atoms with E-state index >= 15 is 0 Å². The first-order valence-corrected chi connectivity index (χ1v) is 3.64. The van der Waals surface area contributed by atoms with Crippen molar-refractivity contribution in [1.82, 2.24) is 0 Å². The maximum absolute atomic E-state index is 10.3. The minimum atomic E-state index is -1.03. The number of halogens is 2. The molecule has 0 saturated heterocycles. The predicted molar refractivity (Wildman–Crippen MR) is 47.9 cm³/mol. The molecule has 0 amide bonds. The molecule has 0 aliphatic rings. The molecule has 1 aromatic rings. The van der Waals surface area contributed by atoms with Gasteiger partial charge >= 0.3 is 5.97 Å². The van der Waals surface area contributed by atoms with Gasteiger partial charge in [-0.15, -0.1) is 23.7 Å². The highest BCUT2D eigenvalue weighted by Gasteiger charge is 2.12. The Morgan fingerprint density at radius 1 is 1.73 bits per heavy atom. The van der Waals surface area contributed by atoms with Crippen LogP contribution in [0.3, 0.4) is 0 Å². The van der Waals surface area contributed by atoms with Crippen molar-refractivity contribution < 1.29 is 9.90 Å². The molecule has 6 heteroatoms. The van der Waals surface area contributed by atoms with Crippen molar-refractivity contribution in [2.75, 3.05) is 5.73 Å². The van der Waals surface area contributed by atoms with E-state index in [1.54, 1.807) is 0 Å². The molecule has 0 aliphatic heterocycles. The van der Waals surface area contributed by atoms with Crippen LogP contribution in [0.25, 0.3) is 0 Å². The first-order chi connectivity index (χ1) is 4.63. The molecule has 0 atom stereocenters. The van der Waals surface area contributed by atoms with E-state index in [1.165, 1.54) is 5.38 Å². The summed E-state index contributed by atoms with van der Waals surface area (Å²) in [6.45, 7) is 0. The number of carboxylic acids is 1. The lowest BCUT2D eigenvalue weighted by molar-refractivity contribution is 0.0703. The van der Waals surface area contributed by atoms with E-state index in [9.17, 15) is 4.79 Å². The van der Waals surface area contributed by atoms with Gasteiger partial charge in [0.05, 0.1) is 10.7 Å². The van der Waals surface area contributed by atoms with Crippen LogP contribution < -0.4 is 5.73 Å². The molecule has 1 rings (SSSR count). The topological polar surface area (TPSA) is 63.3 Å². The van der Waals surface area contributed by atoms with Crippen LogP contribution in [0.2, 0.25) is 5.02 Å². The van der Waals surface area contributed by atoms with Crippen LogP contribution in [0.1, 0.15) is 9.67 Å². The molecule has 0 unspecified atom stereocenters. The van der Waals surface area contributed by atoms with Crippen molar-refractivity contribution in [2.45, 2.75) is 0 Å². The number of carboxylic acid groups (broad SMARTS) is 1. The van der Waals surface area contributed by atoms with Crippen LogP contribution in [-0.4, -0.2) is 11.1 Å². The van der Waals surface area contributed by atoms with E-state index < -0.39 is 5.97 Å². The van der Waals surface area contributed by atoms with Gasteiger partial charge in [0.2, 0.25) is 0 Å². The lowest BCUT2D eigenvalue weighted by atomic mass is 10.4. The second-order valence-electron chi connectivity index (χ2n) is 1.63. The smallest absolute Gasteiger partial charge is 0.348 e. The molecule has 3 N–H and O–H groups in total. The molecule has 0 aromatic carbocycles. The molecule has 3 nitrogen and oxygen atoms in total. The van der Waals surface area contributed by atoms with Crippen LogP contribution >= 0.6 is 35.3 Å². The zero-order chi connectivity index (χ0) is 7.72. The average molecular weight is 214 g/mol. The van der Waals surface area contributed by atoms with Crippen molar-refractivity contribution in [3.05, 3.63) is 15.3 Å². The molecule has 1 heterocycles. The number of nitrogen functional groups attached to an aromatic ring is 1. The standard InChI is InChI=1S/C5H4ClNO2S.ClH/c6-2-1-10-4(3(2)7)5(8)9;/h1H,7H2,(H,8,9);1H. The van der Waals surface area contributed by atoms with Crippen molar-refractivity contribution in [1.29, 1.82) is 0 Å². The summed E-state index contributed by atoms with van der Waals surface area (Å²) < 4.78 is 0. The molecule has 11 heavy (non-hydrogen) atoms. The van der Waals surface area contributed by atoms with E-state index in [1.807, 2.05) is 0 Å².